The molecule has 0 aromatic heterocycles. The van der Waals surface area contributed by atoms with Gasteiger partial charge in [-0.05, 0) is 33.6 Å². The Kier molecular flexibility index (Phi) is 4.46. The van der Waals surface area contributed by atoms with Crippen molar-refractivity contribution in [2.45, 2.75) is 65.1 Å². The van der Waals surface area contributed by atoms with Gasteiger partial charge < -0.3 is 4.74 Å². The number of carbonyl (C=O) groups is 2. The van der Waals surface area contributed by atoms with Crippen molar-refractivity contribution < 1.29 is 14.3 Å². The number of hydrogen-bond donors (Lipinski definition) is 1. The summed E-state index contributed by atoms with van der Waals surface area (Å²) in [6.07, 6.45) is 1.71. The molecule has 2 aliphatic rings. The number of hydrogen-bond acceptors (Lipinski definition) is 4. The van der Waals surface area contributed by atoms with E-state index in [1.165, 1.54) is 0 Å². The fourth-order valence-electron chi connectivity index (χ4n) is 2.89. The SMILES string of the molecule is CC(C)C(=O)NN1CC2CCC(C1)N2C(=O)OC(C)(C)C. The first-order chi connectivity index (χ1) is 9.67. The predicted molar refractivity (Wildman–Crippen MR) is 79.4 cm³/mol. The molecule has 120 valence electrons. The molecule has 0 aliphatic carbocycles. The Hall–Kier alpha value is -1.30. The maximum absolute atomic E-state index is 12.3. The molecule has 2 unspecified atom stereocenters. The number of ether oxygens (including phenoxy) is 1. The molecule has 6 heteroatoms. The summed E-state index contributed by atoms with van der Waals surface area (Å²) in [4.78, 5) is 26.0. The molecule has 0 aromatic carbocycles. The van der Waals surface area contributed by atoms with E-state index in [-0.39, 0.29) is 30.0 Å². The van der Waals surface area contributed by atoms with Crippen molar-refractivity contribution in [2.75, 3.05) is 13.1 Å². The van der Waals surface area contributed by atoms with E-state index in [4.69, 9.17) is 4.74 Å². The van der Waals surface area contributed by atoms with Crippen LogP contribution in [0.15, 0.2) is 0 Å². The van der Waals surface area contributed by atoms with Crippen LogP contribution in [-0.2, 0) is 9.53 Å². The molecule has 0 saturated carbocycles. The molecule has 2 bridgehead atoms. The van der Waals surface area contributed by atoms with Gasteiger partial charge >= 0.3 is 6.09 Å². The third-order valence-corrected chi connectivity index (χ3v) is 3.88. The van der Waals surface area contributed by atoms with Crippen LogP contribution in [0, 0.1) is 5.92 Å². The van der Waals surface area contributed by atoms with E-state index in [0.717, 1.165) is 12.8 Å². The van der Waals surface area contributed by atoms with Crippen LogP contribution in [0.25, 0.3) is 0 Å². The van der Waals surface area contributed by atoms with E-state index in [1.807, 2.05) is 44.5 Å². The molecule has 0 spiro atoms. The summed E-state index contributed by atoms with van der Waals surface area (Å²) in [5, 5.41) is 1.95. The number of nitrogens with zero attached hydrogens (tertiary/aromatic N) is 2. The minimum absolute atomic E-state index is 0.0279. The summed E-state index contributed by atoms with van der Waals surface area (Å²) < 4.78 is 5.49. The first kappa shape index (κ1) is 16.1. The zero-order chi connectivity index (χ0) is 15.8. The second-order valence-corrected chi connectivity index (χ2v) is 7.31. The molecule has 2 heterocycles. The normalized spacial score (nSPS) is 26.1. The van der Waals surface area contributed by atoms with Gasteiger partial charge in [-0.1, -0.05) is 13.8 Å². The van der Waals surface area contributed by atoms with Crippen LogP contribution in [0.2, 0.25) is 0 Å². The van der Waals surface area contributed by atoms with Gasteiger partial charge in [-0.25, -0.2) is 9.80 Å². The molecule has 6 nitrogen and oxygen atoms in total. The smallest absolute Gasteiger partial charge is 0.410 e. The Morgan fingerprint density at radius 1 is 1.14 bits per heavy atom. The average molecular weight is 297 g/mol. The molecule has 0 aromatic rings. The fraction of sp³-hybridized carbons (Fsp3) is 0.867. The number of hydrazine groups is 1. The van der Waals surface area contributed by atoms with E-state index in [1.54, 1.807) is 0 Å². The van der Waals surface area contributed by atoms with Crippen molar-refractivity contribution in [3.8, 4) is 0 Å². The van der Waals surface area contributed by atoms with E-state index >= 15 is 0 Å². The number of piperazine rings is 1. The first-order valence-electron chi connectivity index (χ1n) is 7.74. The topological polar surface area (TPSA) is 61.9 Å². The van der Waals surface area contributed by atoms with Crippen LogP contribution >= 0.6 is 0 Å². The largest absolute Gasteiger partial charge is 0.444 e. The summed E-state index contributed by atoms with van der Waals surface area (Å²) >= 11 is 0. The van der Waals surface area contributed by atoms with Crippen molar-refractivity contribution in [1.29, 1.82) is 0 Å². The second-order valence-electron chi connectivity index (χ2n) is 7.31. The molecular weight excluding hydrogens is 270 g/mol. The Morgan fingerprint density at radius 2 is 1.67 bits per heavy atom. The number of nitrogens with one attached hydrogen (secondary N) is 1. The molecule has 2 fully saturated rings. The van der Waals surface area contributed by atoms with Gasteiger partial charge in [0.15, 0.2) is 0 Å². The maximum Gasteiger partial charge on any atom is 0.410 e. The van der Waals surface area contributed by atoms with Gasteiger partial charge in [0.05, 0.1) is 12.1 Å². The van der Waals surface area contributed by atoms with Crippen molar-refractivity contribution in [1.82, 2.24) is 15.3 Å². The van der Waals surface area contributed by atoms with Gasteiger partial charge in [0.1, 0.15) is 5.60 Å². The summed E-state index contributed by atoms with van der Waals surface area (Å²) in [5.41, 5.74) is 2.47. The predicted octanol–water partition coefficient (Wildman–Crippen LogP) is 1.76. The van der Waals surface area contributed by atoms with Crippen molar-refractivity contribution in [3.05, 3.63) is 0 Å². The highest BCUT2D eigenvalue weighted by molar-refractivity contribution is 5.77. The van der Waals surface area contributed by atoms with Gasteiger partial charge in [-0.15, -0.1) is 0 Å². The zero-order valence-corrected chi connectivity index (χ0v) is 13.7. The van der Waals surface area contributed by atoms with E-state index in [0.29, 0.717) is 13.1 Å². The van der Waals surface area contributed by atoms with Crippen molar-refractivity contribution in [3.63, 3.8) is 0 Å². The van der Waals surface area contributed by atoms with E-state index in [9.17, 15) is 9.59 Å². The average Bonchev–Trinajstić information content (AvgIpc) is 2.59. The summed E-state index contributed by atoms with van der Waals surface area (Å²) in [6.45, 7) is 10.7. The molecular formula is C15H27N3O3. The second kappa shape index (κ2) is 5.83. The highest BCUT2D eigenvalue weighted by Crippen LogP contribution is 2.31. The highest BCUT2D eigenvalue weighted by Gasteiger charge is 2.44. The Bertz CT molecular complexity index is 403. The lowest BCUT2D eigenvalue weighted by atomic mass is 10.2. The molecule has 2 amide bonds. The maximum atomic E-state index is 12.3. The molecule has 0 radical (unpaired) electrons. The lowest BCUT2D eigenvalue weighted by molar-refractivity contribution is -0.130. The van der Waals surface area contributed by atoms with Crippen molar-refractivity contribution in [2.24, 2.45) is 5.92 Å². The van der Waals surface area contributed by atoms with Crippen LogP contribution in [-0.4, -0.2) is 52.7 Å². The first-order valence-corrected chi connectivity index (χ1v) is 7.74. The molecule has 2 aliphatic heterocycles. The van der Waals surface area contributed by atoms with Crippen LogP contribution in [0.5, 0.6) is 0 Å². The third-order valence-electron chi connectivity index (χ3n) is 3.88. The summed E-state index contributed by atoms with van der Waals surface area (Å²) in [7, 11) is 0. The zero-order valence-electron chi connectivity index (χ0n) is 13.7. The summed E-state index contributed by atoms with van der Waals surface area (Å²) in [6, 6.07) is 0.261. The standard InChI is InChI=1S/C15H27N3O3/c1-10(2)13(19)16-17-8-11-6-7-12(9-17)18(11)14(20)21-15(3,4)5/h10-12H,6-9H2,1-5H3,(H,16,19). The molecule has 2 rings (SSSR count). The molecule has 21 heavy (non-hydrogen) atoms. The van der Waals surface area contributed by atoms with E-state index < -0.39 is 5.60 Å². The third kappa shape index (κ3) is 3.87. The molecule has 2 atom stereocenters. The Balaban J connectivity index is 1.96. The minimum Gasteiger partial charge on any atom is -0.444 e. The van der Waals surface area contributed by atoms with Crippen LogP contribution in [0.1, 0.15) is 47.5 Å². The van der Waals surface area contributed by atoms with Crippen molar-refractivity contribution >= 4 is 12.0 Å². The number of carbonyl (C=O) groups excluding carboxylic acids is 2. The van der Waals surface area contributed by atoms with E-state index in [2.05, 4.69) is 5.43 Å². The summed E-state index contributed by atoms with van der Waals surface area (Å²) in [5.74, 6) is -0.00773. The molecule has 1 N–H and O–H groups in total. The lowest BCUT2D eigenvalue weighted by Gasteiger charge is -2.41. The Morgan fingerprint density at radius 3 is 2.10 bits per heavy atom. The monoisotopic (exact) mass is 297 g/mol. The molecule has 2 saturated heterocycles. The van der Waals surface area contributed by atoms with Crippen LogP contribution in [0.4, 0.5) is 4.79 Å². The number of amides is 2. The minimum atomic E-state index is -0.473. The highest BCUT2D eigenvalue weighted by atomic mass is 16.6. The van der Waals surface area contributed by atoms with Crippen LogP contribution < -0.4 is 5.43 Å². The quantitative estimate of drug-likeness (QED) is 0.843. The van der Waals surface area contributed by atoms with Gasteiger partial charge in [0.2, 0.25) is 5.91 Å². The number of rotatable bonds is 2. The van der Waals surface area contributed by atoms with Gasteiger partial charge in [-0.3, -0.25) is 15.1 Å². The Labute approximate surface area is 126 Å². The number of fused-ring (bicyclic) bond motifs is 2. The van der Waals surface area contributed by atoms with Gasteiger partial charge in [0.25, 0.3) is 0 Å². The fourth-order valence-corrected chi connectivity index (χ4v) is 2.89. The van der Waals surface area contributed by atoms with Gasteiger partial charge in [0, 0.05) is 19.0 Å². The lowest BCUT2D eigenvalue weighted by Crippen LogP contribution is -2.61. The van der Waals surface area contributed by atoms with Crippen LogP contribution in [0.3, 0.4) is 0 Å². The van der Waals surface area contributed by atoms with Gasteiger partial charge in [-0.2, -0.15) is 0 Å².